The van der Waals surface area contributed by atoms with Gasteiger partial charge in [-0.05, 0) is 19.4 Å². The molecule has 1 aromatic carbocycles. The predicted octanol–water partition coefficient (Wildman–Crippen LogP) is 0.401. The van der Waals surface area contributed by atoms with Crippen molar-refractivity contribution in [2.75, 3.05) is 58.9 Å². The van der Waals surface area contributed by atoms with Crippen LogP contribution in [0, 0.1) is 0 Å². The fourth-order valence-corrected chi connectivity index (χ4v) is 3.50. The van der Waals surface area contributed by atoms with Crippen molar-refractivity contribution in [2.45, 2.75) is 32.2 Å². The summed E-state index contributed by atoms with van der Waals surface area (Å²) in [7, 11) is 0. The fourth-order valence-electron chi connectivity index (χ4n) is 3.50. The summed E-state index contributed by atoms with van der Waals surface area (Å²) >= 11 is 0. The molecule has 0 saturated carbocycles. The lowest BCUT2D eigenvalue weighted by Crippen LogP contribution is -2.41. The van der Waals surface area contributed by atoms with Crippen molar-refractivity contribution in [3.63, 3.8) is 0 Å². The van der Waals surface area contributed by atoms with Gasteiger partial charge in [0.25, 0.3) is 0 Å². The quantitative estimate of drug-likeness (QED) is 0.650. The molecule has 3 atom stereocenters. The molecule has 6 heteroatoms. The minimum atomic E-state index is -0.507. The fraction of sp³-hybridized carbons (Fsp3) is 0.700. The molecule has 3 N–H and O–H groups in total. The van der Waals surface area contributed by atoms with Gasteiger partial charge in [0.2, 0.25) is 0 Å². The normalized spacial score (nSPS) is 22.2. The lowest BCUT2D eigenvalue weighted by molar-refractivity contribution is 0.0937. The molecule has 0 amide bonds. The van der Waals surface area contributed by atoms with E-state index in [1.165, 1.54) is 0 Å². The lowest BCUT2D eigenvalue weighted by atomic mass is 10.1. The van der Waals surface area contributed by atoms with Crippen molar-refractivity contribution >= 4 is 0 Å². The third-order valence-electron chi connectivity index (χ3n) is 4.86. The van der Waals surface area contributed by atoms with Gasteiger partial charge in [-0.3, -0.25) is 14.7 Å². The monoisotopic (exact) mass is 365 g/mol. The van der Waals surface area contributed by atoms with Crippen LogP contribution in [0.2, 0.25) is 0 Å². The van der Waals surface area contributed by atoms with Crippen molar-refractivity contribution < 1.29 is 15.3 Å². The number of hydrogen-bond acceptors (Lipinski definition) is 6. The number of β-amino-alcohol motifs (C(OH)–C–C–N with tert-alkyl or cyclic N) is 3. The molecule has 1 aliphatic heterocycles. The van der Waals surface area contributed by atoms with Crippen molar-refractivity contribution in [3.05, 3.63) is 35.9 Å². The molecular weight excluding hydrogens is 330 g/mol. The molecule has 1 aromatic rings. The van der Waals surface area contributed by atoms with E-state index in [2.05, 4.69) is 14.7 Å². The van der Waals surface area contributed by atoms with Crippen LogP contribution in [0.25, 0.3) is 0 Å². The van der Waals surface area contributed by atoms with E-state index in [1.54, 1.807) is 0 Å². The van der Waals surface area contributed by atoms with Gasteiger partial charge in [-0.15, -0.1) is 0 Å². The molecule has 1 fully saturated rings. The number of hydrogen-bond donors (Lipinski definition) is 3. The van der Waals surface area contributed by atoms with E-state index in [-0.39, 0.29) is 12.2 Å². The Morgan fingerprint density at radius 1 is 0.692 bits per heavy atom. The Morgan fingerprint density at radius 3 is 1.46 bits per heavy atom. The summed E-state index contributed by atoms with van der Waals surface area (Å²) in [6, 6.07) is 9.77. The van der Waals surface area contributed by atoms with Crippen molar-refractivity contribution in [1.82, 2.24) is 14.7 Å². The van der Waals surface area contributed by atoms with E-state index in [4.69, 9.17) is 0 Å². The van der Waals surface area contributed by atoms with E-state index in [0.29, 0.717) is 19.6 Å². The topological polar surface area (TPSA) is 70.4 Å². The van der Waals surface area contributed by atoms with Crippen molar-refractivity contribution in [3.8, 4) is 0 Å². The smallest absolute Gasteiger partial charge is 0.0916 e. The number of rotatable bonds is 7. The molecule has 0 aliphatic carbocycles. The van der Waals surface area contributed by atoms with Crippen LogP contribution in [0.1, 0.15) is 25.5 Å². The third kappa shape index (κ3) is 7.70. The second-order valence-corrected chi connectivity index (χ2v) is 7.53. The highest BCUT2D eigenvalue weighted by atomic mass is 16.3. The molecule has 0 radical (unpaired) electrons. The van der Waals surface area contributed by atoms with E-state index >= 15 is 0 Å². The van der Waals surface area contributed by atoms with Gasteiger partial charge < -0.3 is 15.3 Å². The maximum absolute atomic E-state index is 10.6. The Labute approximate surface area is 157 Å². The molecule has 148 valence electrons. The summed E-state index contributed by atoms with van der Waals surface area (Å²) in [5.74, 6) is 0. The van der Waals surface area contributed by atoms with Crippen LogP contribution in [0.4, 0.5) is 0 Å². The van der Waals surface area contributed by atoms with Gasteiger partial charge in [0.15, 0.2) is 0 Å². The highest BCUT2D eigenvalue weighted by Gasteiger charge is 2.20. The highest BCUT2D eigenvalue weighted by molar-refractivity contribution is 5.17. The molecule has 0 bridgehead atoms. The number of nitrogens with zero attached hydrogens (tertiary/aromatic N) is 3. The summed E-state index contributed by atoms with van der Waals surface area (Å²) in [6.07, 6.45) is -1.22. The molecule has 1 saturated heterocycles. The zero-order valence-corrected chi connectivity index (χ0v) is 16.2. The first-order valence-electron chi connectivity index (χ1n) is 9.70. The van der Waals surface area contributed by atoms with E-state index < -0.39 is 6.10 Å². The van der Waals surface area contributed by atoms with Gasteiger partial charge in [-0.2, -0.15) is 0 Å². The van der Waals surface area contributed by atoms with Gasteiger partial charge in [0.1, 0.15) is 0 Å². The van der Waals surface area contributed by atoms with Crippen molar-refractivity contribution in [1.29, 1.82) is 0 Å². The minimum absolute atomic E-state index is 0.357. The van der Waals surface area contributed by atoms with Gasteiger partial charge in [-0.1, -0.05) is 30.3 Å². The Hall–Kier alpha value is -1.02. The van der Waals surface area contributed by atoms with Gasteiger partial charge in [-0.25, -0.2) is 0 Å². The predicted molar refractivity (Wildman–Crippen MR) is 104 cm³/mol. The second kappa shape index (κ2) is 11.0. The Bertz CT molecular complexity index is 476. The van der Waals surface area contributed by atoms with Crippen LogP contribution in [0.5, 0.6) is 0 Å². The first-order chi connectivity index (χ1) is 12.4. The number of benzene rings is 1. The molecular formula is C20H35N3O3. The Balaban J connectivity index is 2.00. The zero-order valence-electron chi connectivity index (χ0n) is 16.2. The van der Waals surface area contributed by atoms with Crippen LogP contribution in [0.15, 0.2) is 30.3 Å². The molecule has 6 nitrogen and oxygen atoms in total. The summed E-state index contributed by atoms with van der Waals surface area (Å²) in [5, 5.41) is 30.1. The number of aliphatic hydroxyl groups excluding tert-OH is 3. The summed E-state index contributed by atoms with van der Waals surface area (Å²) in [6.45, 7) is 10.8. The SMILES string of the molecule is C[C@H](O)CN1CCN(CC(O)c2ccccc2)CCN(C[C@H](C)O)CC1. The van der Waals surface area contributed by atoms with Crippen molar-refractivity contribution in [2.24, 2.45) is 0 Å². The molecule has 2 rings (SSSR count). The van der Waals surface area contributed by atoms with E-state index in [0.717, 1.165) is 44.8 Å². The standard InChI is InChI=1S/C20H35N3O3/c1-17(24)14-21-8-9-22(15-18(2)25)11-13-23(12-10-21)16-20(26)19-6-4-3-5-7-19/h3-7,17-18,20,24-26H,8-16H2,1-2H3/t17-,18-,20?/m0/s1. The largest absolute Gasteiger partial charge is 0.392 e. The third-order valence-corrected chi connectivity index (χ3v) is 4.86. The van der Waals surface area contributed by atoms with Gasteiger partial charge >= 0.3 is 0 Å². The van der Waals surface area contributed by atoms with Crippen LogP contribution < -0.4 is 0 Å². The summed E-state index contributed by atoms with van der Waals surface area (Å²) in [5.41, 5.74) is 0.939. The summed E-state index contributed by atoms with van der Waals surface area (Å²) < 4.78 is 0. The molecule has 0 spiro atoms. The van der Waals surface area contributed by atoms with E-state index in [9.17, 15) is 15.3 Å². The Kier molecular flexibility index (Phi) is 8.98. The summed E-state index contributed by atoms with van der Waals surface area (Å²) in [4.78, 5) is 6.83. The molecule has 0 aromatic heterocycles. The maximum Gasteiger partial charge on any atom is 0.0916 e. The zero-order chi connectivity index (χ0) is 18.9. The van der Waals surface area contributed by atoms with Gasteiger partial charge in [0, 0.05) is 58.9 Å². The maximum atomic E-state index is 10.6. The molecule has 1 unspecified atom stereocenters. The first kappa shape index (κ1) is 21.3. The average molecular weight is 366 g/mol. The Morgan fingerprint density at radius 2 is 1.08 bits per heavy atom. The lowest BCUT2D eigenvalue weighted by Gasteiger charge is -2.28. The second-order valence-electron chi connectivity index (χ2n) is 7.53. The van der Waals surface area contributed by atoms with Gasteiger partial charge in [0.05, 0.1) is 18.3 Å². The first-order valence-corrected chi connectivity index (χ1v) is 9.70. The number of aliphatic hydroxyl groups is 3. The highest BCUT2D eigenvalue weighted by Crippen LogP contribution is 2.14. The molecule has 26 heavy (non-hydrogen) atoms. The van der Waals surface area contributed by atoms with E-state index in [1.807, 2.05) is 44.2 Å². The molecule has 1 heterocycles. The molecule has 1 aliphatic rings. The minimum Gasteiger partial charge on any atom is -0.392 e. The van der Waals surface area contributed by atoms with Crippen LogP contribution >= 0.6 is 0 Å². The van der Waals surface area contributed by atoms with Crippen LogP contribution in [0.3, 0.4) is 0 Å². The average Bonchev–Trinajstić information content (AvgIpc) is 2.68. The van der Waals surface area contributed by atoms with Crippen LogP contribution in [-0.2, 0) is 0 Å². The van der Waals surface area contributed by atoms with Crippen LogP contribution in [-0.4, -0.2) is 101 Å².